The van der Waals surface area contributed by atoms with Gasteiger partial charge in [-0.15, -0.1) is 0 Å². The lowest BCUT2D eigenvalue weighted by Gasteiger charge is -2.38. The first-order valence-corrected chi connectivity index (χ1v) is 10.5. The Bertz CT molecular complexity index is 856. The van der Waals surface area contributed by atoms with Gasteiger partial charge in [-0.3, -0.25) is 4.79 Å². The van der Waals surface area contributed by atoms with E-state index < -0.39 is 0 Å². The average Bonchev–Trinajstić information content (AvgIpc) is 2.80. The van der Waals surface area contributed by atoms with Gasteiger partial charge >= 0.3 is 0 Å². The van der Waals surface area contributed by atoms with Gasteiger partial charge < -0.3 is 10.2 Å². The summed E-state index contributed by atoms with van der Waals surface area (Å²) >= 11 is 0. The lowest BCUT2D eigenvalue weighted by atomic mass is 9.89. The smallest absolute Gasteiger partial charge is 0.234 e. The number of nitrogens with one attached hydrogen (secondary N) is 1. The minimum Gasteiger partial charge on any atom is -0.336 e. The Balaban J connectivity index is 1.58. The highest BCUT2D eigenvalue weighted by Crippen LogP contribution is 2.28. The van der Waals surface area contributed by atoms with E-state index in [-0.39, 0.29) is 17.9 Å². The monoisotopic (exact) mass is 384 g/mol. The number of carbonyl (C=O) groups excluding carboxylic acids is 1. The SMILES string of the molecule is O=C(C(c1ccccc1)c1ccccc1)N1CCNCC1CCc1ccccc1. The van der Waals surface area contributed by atoms with E-state index in [1.807, 2.05) is 42.5 Å². The molecule has 3 nitrogen and oxygen atoms in total. The van der Waals surface area contributed by atoms with Gasteiger partial charge in [0, 0.05) is 25.7 Å². The number of piperazine rings is 1. The molecule has 0 aromatic heterocycles. The van der Waals surface area contributed by atoms with Gasteiger partial charge in [0.1, 0.15) is 0 Å². The predicted molar refractivity (Wildman–Crippen MR) is 118 cm³/mol. The average molecular weight is 385 g/mol. The summed E-state index contributed by atoms with van der Waals surface area (Å²) in [5, 5.41) is 3.48. The molecule has 1 unspecified atom stereocenters. The molecule has 1 amide bonds. The van der Waals surface area contributed by atoms with Crippen LogP contribution in [0.2, 0.25) is 0 Å². The molecule has 1 atom stereocenters. The van der Waals surface area contributed by atoms with Crippen LogP contribution in [0.25, 0.3) is 0 Å². The Morgan fingerprint density at radius 3 is 2.00 bits per heavy atom. The van der Waals surface area contributed by atoms with Gasteiger partial charge in [0.15, 0.2) is 0 Å². The van der Waals surface area contributed by atoms with E-state index in [1.54, 1.807) is 0 Å². The highest BCUT2D eigenvalue weighted by molar-refractivity contribution is 5.87. The molecule has 3 aromatic carbocycles. The third kappa shape index (κ3) is 4.75. The fourth-order valence-electron chi connectivity index (χ4n) is 4.22. The van der Waals surface area contributed by atoms with E-state index in [1.165, 1.54) is 5.56 Å². The van der Waals surface area contributed by atoms with E-state index in [0.717, 1.165) is 43.6 Å². The molecule has 1 heterocycles. The van der Waals surface area contributed by atoms with Gasteiger partial charge in [0.2, 0.25) is 5.91 Å². The fraction of sp³-hybridized carbons (Fsp3) is 0.269. The molecule has 0 spiro atoms. The lowest BCUT2D eigenvalue weighted by Crippen LogP contribution is -2.55. The van der Waals surface area contributed by atoms with Crippen LogP contribution in [0.3, 0.4) is 0 Å². The first-order valence-electron chi connectivity index (χ1n) is 10.5. The standard InChI is InChI=1S/C26H28N2O/c29-26(25(22-12-6-2-7-13-22)23-14-8-3-9-15-23)28-19-18-27-20-24(28)17-16-21-10-4-1-5-11-21/h1-15,24-25,27H,16-20H2. The van der Waals surface area contributed by atoms with E-state index in [9.17, 15) is 4.79 Å². The zero-order valence-corrected chi connectivity index (χ0v) is 16.7. The summed E-state index contributed by atoms with van der Waals surface area (Å²) in [5.41, 5.74) is 3.45. The molecule has 29 heavy (non-hydrogen) atoms. The van der Waals surface area contributed by atoms with Crippen molar-refractivity contribution in [2.45, 2.75) is 24.8 Å². The molecule has 3 heteroatoms. The Labute approximate surface area is 173 Å². The highest BCUT2D eigenvalue weighted by atomic mass is 16.2. The summed E-state index contributed by atoms with van der Waals surface area (Å²) in [5.74, 6) is -0.0447. The van der Waals surface area contributed by atoms with Crippen LogP contribution in [0, 0.1) is 0 Å². The molecule has 1 aliphatic rings. The summed E-state index contributed by atoms with van der Waals surface area (Å²) in [6.07, 6.45) is 1.96. The zero-order valence-electron chi connectivity index (χ0n) is 16.7. The fourth-order valence-corrected chi connectivity index (χ4v) is 4.22. The van der Waals surface area contributed by atoms with Gasteiger partial charge in [-0.2, -0.15) is 0 Å². The third-order valence-electron chi connectivity index (χ3n) is 5.76. The van der Waals surface area contributed by atoms with Crippen LogP contribution in [0.4, 0.5) is 0 Å². The van der Waals surface area contributed by atoms with Crippen molar-refractivity contribution in [2.75, 3.05) is 19.6 Å². The number of benzene rings is 3. The Kier molecular flexibility index (Phi) is 6.38. The van der Waals surface area contributed by atoms with Gasteiger partial charge in [0.25, 0.3) is 0 Å². The van der Waals surface area contributed by atoms with Crippen LogP contribution in [0.15, 0.2) is 91.0 Å². The summed E-state index contributed by atoms with van der Waals surface area (Å²) in [4.78, 5) is 15.9. The molecule has 1 fully saturated rings. The van der Waals surface area contributed by atoms with Gasteiger partial charge in [-0.05, 0) is 29.5 Å². The second-order valence-corrected chi connectivity index (χ2v) is 7.67. The highest BCUT2D eigenvalue weighted by Gasteiger charge is 2.33. The molecule has 0 radical (unpaired) electrons. The minimum atomic E-state index is -0.255. The maximum Gasteiger partial charge on any atom is 0.234 e. The van der Waals surface area contributed by atoms with Gasteiger partial charge in [0.05, 0.1) is 5.92 Å². The van der Waals surface area contributed by atoms with Crippen LogP contribution in [-0.2, 0) is 11.2 Å². The molecule has 0 saturated carbocycles. The maximum absolute atomic E-state index is 13.8. The van der Waals surface area contributed by atoms with Gasteiger partial charge in [-0.25, -0.2) is 0 Å². The van der Waals surface area contributed by atoms with E-state index in [2.05, 4.69) is 58.7 Å². The van der Waals surface area contributed by atoms with Crippen LogP contribution >= 0.6 is 0 Å². The van der Waals surface area contributed by atoms with Crippen molar-refractivity contribution in [1.82, 2.24) is 10.2 Å². The number of rotatable bonds is 6. The number of amides is 1. The number of hydrogen-bond donors (Lipinski definition) is 1. The minimum absolute atomic E-state index is 0.210. The topological polar surface area (TPSA) is 32.3 Å². The van der Waals surface area contributed by atoms with E-state index in [0.29, 0.717) is 0 Å². The molecule has 1 saturated heterocycles. The van der Waals surface area contributed by atoms with Crippen molar-refractivity contribution < 1.29 is 4.79 Å². The third-order valence-corrected chi connectivity index (χ3v) is 5.76. The quantitative estimate of drug-likeness (QED) is 0.689. The van der Waals surface area contributed by atoms with Crippen molar-refractivity contribution in [1.29, 1.82) is 0 Å². The molecule has 3 aromatic rings. The molecular weight excluding hydrogens is 356 g/mol. The first-order chi connectivity index (χ1) is 14.3. The molecule has 148 valence electrons. The van der Waals surface area contributed by atoms with Gasteiger partial charge in [-0.1, -0.05) is 91.0 Å². The van der Waals surface area contributed by atoms with Crippen molar-refractivity contribution in [2.24, 2.45) is 0 Å². The number of hydrogen-bond acceptors (Lipinski definition) is 2. The normalized spacial score (nSPS) is 16.7. The van der Waals surface area contributed by atoms with Crippen LogP contribution in [-0.4, -0.2) is 36.5 Å². The number of aryl methyl sites for hydroxylation is 1. The lowest BCUT2D eigenvalue weighted by molar-refractivity contribution is -0.135. The Morgan fingerprint density at radius 1 is 0.862 bits per heavy atom. The Morgan fingerprint density at radius 2 is 1.41 bits per heavy atom. The Hall–Kier alpha value is -2.91. The van der Waals surface area contributed by atoms with Crippen molar-refractivity contribution in [3.63, 3.8) is 0 Å². The summed E-state index contributed by atoms with van der Waals surface area (Å²) in [7, 11) is 0. The summed E-state index contributed by atoms with van der Waals surface area (Å²) < 4.78 is 0. The van der Waals surface area contributed by atoms with Crippen LogP contribution in [0.1, 0.15) is 29.0 Å². The van der Waals surface area contributed by atoms with E-state index in [4.69, 9.17) is 0 Å². The van der Waals surface area contributed by atoms with Crippen LogP contribution < -0.4 is 5.32 Å². The molecule has 1 N–H and O–H groups in total. The molecule has 0 bridgehead atoms. The number of nitrogens with zero attached hydrogens (tertiary/aromatic N) is 1. The second-order valence-electron chi connectivity index (χ2n) is 7.67. The summed E-state index contributed by atoms with van der Waals surface area (Å²) in [6, 6.07) is 31.1. The number of carbonyl (C=O) groups is 1. The van der Waals surface area contributed by atoms with Crippen molar-refractivity contribution in [3.05, 3.63) is 108 Å². The molecule has 4 rings (SSSR count). The molecular formula is C26H28N2O. The van der Waals surface area contributed by atoms with Crippen molar-refractivity contribution in [3.8, 4) is 0 Å². The predicted octanol–water partition coefficient (Wildman–Crippen LogP) is 4.25. The zero-order chi connectivity index (χ0) is 19.9. The second kappa shape index (κ2) is 9.53. The molecule has 1 aliphatic heterocycles. The van der Waals surface area contributed by atoms with Crippen molar-refractivity contribution >= 4 is 5.91 Å². The molecule has 0 aliphatic carbocycles. The first kappa shape index (κ1) is 19.4. The summed E-state index contributed by atoms with van der Waals surface area (Å²) in [6.45, 7) is 2.47. The van der Waals surface area contributed by atoms with Crippen LogP contribution in [0.5, 0.6) is 0 Å². The largest absolute Gasteiger partial charge is 0.336 e. The van der Waals surface area contributed by atoms with E-state index >= 15 is 0 Å². The maximum atomic E-state index is 13.8.